The Bertz CT molecular complexity index is 556. The summed E-state index contributed by atoms with van der Waals surface area (Å²) in [6.45, 7) is 6.31. The minimum atomic E-state index is -0.208. The molecule has 2 rings (SSSR count). The number of nitrogens with one attached hydrogen (secondary N) is 1. The maximum atomic E-state index is 12.3. The highest BCUT2D eigenvalue weighted by Crippen LogP contribution is 2.25. The van der Waals surface area contributed by atoms with E-state index in [9.17, 15) is 9.59 Å². The van der Waals surface area contributed by atoms with Crippen molar-refractivity contribution in [3.05, 3.63) is 17.7 Å². The predicted molar refractivity (Wildman–Crippen MR) is 86.1 cm³/mol. The van der Waals surface area contributed by atoms with E-state index in [0.717, 1.165) is 18.7 Å². The van der Waals surface area contributed by atoms with Crippen LogP contribution in [0, 0.1) is 0 Å². The van der Waals surface area contributed by atoms with Gasteiger partial charge in [0, 0.05) is 39.4 Å². The van der Waals surface area contributed by atoms with Crippen LogP contribution in [0.4, 0.5) is 0 Å². The number of amides is 2. The highest BCUT2D eigenvalue weighted by Gasteiger charge is 2.30. The molecule has 0 saturated heterocycles. The van der Waals surface area contributed by atoms with E-state index in [4.69, 9.17) is 4.74 Å². The van der Waals surface area contributed by atoms with Crippen molar-refractivity contribution in [2.45, 2.75) is 45.7 Å². The second-order valence-electron chi connectivity index (χ2n) is 5.79. The van der Waals surface area contributed by atoms with Crippen LogP contribution < -0.4 is 5.32 Å². The van der Waals surface area contributed by atoms with Gasteiger partial charge >= 0.3 is 0 Å². The van der Waals surface area contributed by atoms with E-state index in [2.05, 4.69) is 17.2 Å². The standard InChI is InChI=1S/C16H26N4O3/c1-4-5-6-14(21)20-9-8-19-11-13(18-15(19)12(20)2)16(22)17-7-10-23-3/h11-12H,4-10H2,1-3H3,(H,17,22)/t12-/m1/s1. The Morgan fingerprint density at radius 3 is 2.91 bits per heavy atom. The lowest BCUT2D eigenvalue weighted by Crippen LogP contribution is -2.41. The first-order chi connectivity index (χ1) is 11.1. The first kappa shape index (κ1) is 17.5. The topological polar surface area (TPSA) is 76.5 Å². The molecule has 1 aromatic heterocycles. The summed E-state index contributed by atoms with van der Waals surface area (Å²) in [4.78, 5) is 30.7. The smallest absolute Gasteiger partial charge is 0.271 e. The molecule has 7 nitrogen and oxygen atoms in total. The zero-order chi connectivity index (χ0) is 16.8. The second-order valence-corrected chi connectivity index (χ2v) is 5.79. The summed E-state index contributed by atoms with van der Waals surface area (Å²) in [5.74, 6) is 0.734. The molecule has 0 radical (unpaired) electrons. The van der Waals surface area contributed by atoms with Crippen LogP contribution in [-0.2, 0) is 16.1 Å². The van der Waals surface area contributed by atoms with Gasteiger partial charge in [-0.1, -0.05) is 13.3 Å². The monoisotopic (exact) mass is 322 g/mol. The Kier molecular flexibility index (Phi) is 6.15. The van der Waals surface area contributed by atoms with Crippen molar-refractivity contribution in [2.75, 3.05) is 26.8 Å². The number of methoxy groups -OCH3 is 1. The molecule has 2 heterocycles. The Labute approximate surface area is 137 Å². The number of unbranched alkanes of at least 4 members (excludes halogenated alkanes) is 1. The average Bonchev–Trinajstić information content (AvgIpc) is 2.98. The van der Waals surface area contributed by atoms with Gasteiger partial charge in [0.15, 0.2) is 0 Å². The molecule has 1 aromatic rings. The first-order valence-electron chi connectivity index (χ1n) is 8.22. The van der Waals surface area contributed by atoms with Gasteiger partial charge < -0.3 is 19.5 Å². The molecule has 128 valence electrons. The van der Waals surface area contributed by atoms with Crippen LogP contribution in [-0.4, -0.2) is 53.1 Å². The van der Waals surface area contributed by atoms with Crippen LogP contribution >= 0.6 is 0 Å². The van der Waals surface area contributed by atoms with Gasteiger partial charge in [0.1, 0.15) is 11.5 Å². The lowest BCUT2D eigenvalue weighted by atomic mass is 10.1. The molecule has 1 N–H and O–H groups in total. The number of imidazole rings is 1. The van der Waals surface area contributed by atoms with E-state index in [1.54, 1.807) is 13.3 Å². The van der Waals surface area contributed by atoms with Gasteiger partial charge in [-0.05, 0) is 13.3 Å². The highest BCUT2D eigenvalue weighted by atomic mass is 16.5. The Morgan fingerprint density at radius 1 is 1.43 bits per heavy atom. The third-order valence-electron chi connectivity index (χ3n) is 4.12. The van der Waals surface area contributed by atoms with Crippen LogP contribution in [0.3, 0.4) is 0 Å². The van der Waals surface area contributed by atoms with E-state index in [1.807, 2.05) is 16.4 Å². The van der Waals surface area contributed by atoms with Gasteiger partial charge in [-0.15, -0.1) is 0 Å². The van der Waals surface area contributed by atoms with Crippen LogP contribution in [0.5, 0.6) is 0 Å². The first-order valence-corrected chi connectivity index (χ1v) is 8.22. The number of aromatic nitrogens is 2. The van der Waals surface area contributed by atoms with Gasteiger partial charge in [0.05, 0.1) is 12.6 Å². The van der Waals surface area contributed by atoms with Gasteiger partial charge in [0.25, 0.3) is 5.91 Å². The lowest BCUT2D eigenvalue weighted by molar-refractivity contribution is -0.134. The molecular weight excluding hydrogens is 296 g/mol. The predicted octanol–water partition coefficient (Wildman–Crippen LogP) is 1.35. The second kappa shape index (κ2) is 8.10. The molecule has 7 heteroatoms. The fourth-order valence-corrected chi connectivity index (χ4v) is 2.77. The van der Waals surface area contributed by atoms with Crippen molar-refractivity contribution in [3.63, 3.8) is 0 Å². The zero-order valence-corrected chi connectivity index (χ0v) is 14.2. The number of hydrogen-bond acceptors (Lipinski definition) is 4. The number of nitrogens with zero attached hydrogens (tertiary/aromatic N) is 3. The van der Waals surface area contributed by atoms with Gasteiger partial charge in [-0.3, -0.25) is 9.59 Å². The summed E-state index contributed by atoms with van der Waals surface area (Å²) >= 11 is 0. The van der Waals surface area contributed by atoms with Crippen molar-refractivity contribution in [2.24, 2.45) is 0 Å². The molecule has 0 bridgehead atoms. The highest BCUT2D eigenvalue weighted by molar-refractivity contribution is 5.92. The quantitative estimate of drug-likeness (QED) is 0.769. The number of hydrogen-bond donors (Lipinski definition) is 1. The van der Waals surface area contributed by atoms with Gasteiger partial charge in [-0.25, -0.2) is 4.98 Å². The van der Waals surface area contributed by atoms with Crippen LogP contribution in [0.1, 0.15) is 55.5 Å². The minimum Gasteiger partial charge on any atom is -0.383 e. The SMILES string of the molecule is CCCCC(=O)N1CCn2cc(C(=O)NCCOC)nc2[C@H]1C. The fraction of sp³-hybridized carbons (Fsp3) is 0.688. The summed E-state index contributed by atoms with van der Waals surface area (Å²) in [6, 6.07) is -0.103. The van der Waals surface area contributed by atoms with Gasteiger partial charge in [0.2, 0.25) is 5.91 Å². The van der Waals surface area contributed by atoms with Crippen molar-refractivity contribution >= 4 is 11.8 Å². The van der Waals surface area contributed by atoms with Crippen LogP contribution in [0.2, 0.25) is 0 Å². The fourth-order valence-electron chi connectivity index (χ4n) is 2.77. The maximum Gasteiger partial charge on any atom is 0.271 e. The number of fused-ring (bicyclic) bond motifs is 1. The molecule has 1 aliphatic heterocycles. The molecule has 1 atom stereocenters. The lowest BCUT2D eigenvalue weighted by Gasteiger charge is -2.33. The van der Waals surface area contributed by atoms with Crippen molar-refractivity contribution in [3.8, 4) is 0 Å². The molecule has 23 heavy (non-hydrogen) atoms. The van der Waals surface area contributed by atoms with E-state index in [1.165, 1.54) is 0 Å². The number of ether oxygens (including phenoxy) is 1. The van der Waals surface area contributed by atoms with Crippen LogP contribution in [0.25, 0.3) is 0 Å². The average molecular weight is 322 g/mol. The Balaban J connectivity index is 2.05. The van der Waals surface area contributed by atoms with Gasteiger partial charge in [-0.2, -0.15) is 0 Å². The molecule has 0 fully saturated rings. The summed E-state index contributed by atoms with van der Waals surface area (Å²) in [5.41, 5.74) is 0.394. The number of rotatable bonds is 7. The summed E-state index contributed by atoms with van der Waals surface area (Å²) in [5, 5.41) is 2.77. The molecule has 0 aliphatic carbocycles. The largest absolute Gasteiger partial charge is 0.383 e. The van der Waals surface area contributed by atoms with Crippen LogP contribution in [0.15, 0.2) is 6.20 Å². The normalized spacial score (nSPS) is 17.0. The molecule has 2 amide bonds. The summed E-state index contributed by atoms with van der Waals surface area (Å²) in [7, 11) is 1.59. The molecule has 0 spiro atoms. The third-order valence-corrected chi connectivity index (χ3v) is 4.12. The molecule has 0 aromatic carbocycles. The third kappa shape index (κ3) is 4.10. The van der Waals surface area contributed by atoms with E-state index < -0.39 is 0 Å². The van der Waals surface area contributed by atoms with E-state index >= 15 is 0 Å². The summed E-state index contributed by atoms with van der Waals surface area (Å²) in [6.07, 6.45) is 4.26. The Morgan fingerprint density at radius 2 is 2.22 bits per heavy atom. The van der Waals surface area contributed by atoms with Crippen molar-refractivity contribution < 1.29 is 14.3 Å². The number of carbonyl (C=O) groups is 2. The molecule has 0 unspecified atom stereocenters. The van der Waals surface area contributed by atoms with Crippen molar-refractivity contribution in [1.29, 1.82) is 0 Å². The maximum absolute atomic E-state index is 12.3. The number of carbonyl (C=O) groups excluding carboxylic acids is 2. The van der Waals surface area contributed by atoms with E-state index in [0.29, 0.717) is 38.4 Å². The molecule has 1 aliphatic rings. The minimum absolute atomic E-state index is 0.103. The summed E-state index contributed by atoms with van der Waals surface area (Å²) < 4.78 is 6.89. The van der Waals surface area contributed by atoms with E-state index in [-0.39, 0.29) is 17.9 Å². The Hall–Kier alpha value is -1.89. The van der Waals surface area contributed by atoms with Crippen molar-refractivity contribution in [1.82, 2.24) is 19.8 Å². The zero-order valence-electron chi connectivity index (χ0n) is 14.2. The molecule has 0 saturated carbocycles. The molecular formula is C16H26N4O3.